The summed E-state index contributed by atoms with van der Waals surface area (Å²) in [5.41, 5.74) is 2.71. The van der Waals surface area contributed by atoms with Crippen LogP contribution in [-0.2, 0) is 16.4 Å². The molecule has 0 amide bonds. The summed E-state index contributed by atoms with van der Waals surface area (Å²) >= 11 is 0. The van der Waals surface area contributed by atoms with Crippen molar-refractivity contribution in [2.24, 2.45) is 0 Å². The number of carbonyl (C=O) groups is 1. The van der Waals surface area contributed by atoms with Gasteiger partial charge in [0.15, 0.2) is 5.78 Å². The second-order valence-electron chi connectivity index (χ2n) is 6.35. The van der Waals surface area contributed by atoms with E-state index < -0.39 is 10.0 Å². The minimum atomic E-state index is -3.47. The van der Waals surface area contributed by atoms with Crippen LogP contribution < -0.4 is 10.0 Å². The van der Waals surface area contributed by atoms with Crippen molar-refractivity contribution in [3.05, 3.63) is 84.1 Å². The maximum Gasteiger partial charge on any atom is 0.233 e. The maximum atomic E-state index is 12.3. The molecule has 0 atom stereocenters. The Kier molecular flexibility index (Phi) is 6.06. The molecule has 0 aliphatic rings. The van der Waals surface area contributed by atoms with Crippen LogP contribution in [0.25, 0.3) is 0 Å². The zero-order valence-corrected chi connectivity index (χ0v) is 16.2. The van der Waals surface area contributed by atoms with Crippen LogP contribution in [0.15, 0.2) is 72.9 Å². The van der Waals surface area contributed by atoms with Gasteiger partial charge in [-0.25, -0.2) is 13.4 Å². The van der Waals surface area contributed by atoms with Gasteiger partial charge in [-0.1, -0.05) is 42.5 Å². The molecular weight excluding hydrogens is 374 g/mol. The maximum absolute atomic E-state index is 12.3. The van der Waals surface area contributed by atoms with Gasteiger partial charge in [-0.15, -0.1) is 0 Å². The highest BCUT2D eigenvalue weighted by Crippen LogP contribution is 2.18. The number of hydrogen-bond acceptors (Lipinski definition) is 5. The lowest BCUT2D eigenvalue weighted by atomic mass is 10.1. The van der Waals surface area contributed by atoms with Crippen molar-refractivity contribution in [1.29, 1.82) is 0 Å². The van der Waals surface area contributed by atoms with Gasteiger partial charge in [-0.3, -0.25) is 9.52 Å². The van der Waals surface area contributed by atoms with E-state index in [1.165, 1.54) is 13.1 Å². The van der Waals surface area contributed by atoms with Crippen LogP contribution in [0.2, 0.25) is 0 Å². The van der Waals surface area contributed by atoms with E-state index in [9.17, 15) is 13.2 Å². The first-order chi connectivity index (χ1) is 13.4. The molecule has 6 nitrogen and oxygen atoms in total. The molecule has 0 radical (unpaired) electrons. The number of ketones is 1. The van der Waals surface area contributed by atoms with Crippen LogP contribution in [0, 0.1) is 0 Å². The van der Waals surface area contributed by atoms with E-state index in [1.807, 2.05) is 36.4 Å². The number of benzene rings is 2. The molecule has 0 aliphatic heterocycles. The second kappa shape index (κ2) is 8.67. The number of aromatic nitrogens is 1. The molecular formula is C21H21N3O3S. The van der Waals surface area contributed by atoms with Crippen LogP contribution in [0.1, 0.15) is 22.8 Å². The van der Waals surface area contributed by atoms with Crippen LogP contribution in [-0.4, -0.2) is 24.9 Å². The highest BCUT2D eigenvalue weighted by atomic mass is 32.2. The van der Waals surface area contributed by atoms with Gasteiger partial charge in [0.2, 0.25) is 10.0 Å². The van der Waals surface area contributed by atoms with Crippen LogP contribution in [0.5, 0.6) is 0 Å². The Morgan fingerprint density at radius 1 is 0.964 bits per heavy atom. The van der Waals surface area contributed by atoms with Crippen molar-refractivity contribution in [1.82, 2.24) is 4.98 Å². The third-order valence-corrected chi connectivity index (χ3v) is 5.37. The molecule has 2 N–H and O–H groups in total. The number of sulfonamides is 1. The highest BCUT2D eigenvalue weighted by Gasteiger charge is 2.11. The standard InChI is InChI=1S/C21H21N3O3S/c1-16(25)18-8-5-9-19(14-18)23-21-11-10-20(15-22-21)24-28(26,27)13-12-17-6-3-2-4-7-17/h2-11,14-15,24H,12-13H2,1H3,(H,22,23). The van der Waals surface area contributed by atoms with Crippen molar-refractivity contribution in [3.8, 4) is 0 Å². The Labute approximate surface area is 164 Å². The van der Waals surface area contributed by atoms with Gasteiger partial charge in [-0.2, -0.15) is 0 Å². The van der Waals surface area contributed by atoms with E-state index in [0.29, 0.717) is 23.5 Å². The van der Waals surface area contributed by atoms with Crippen LogP contribution in [0.3, 0.4) is 0 Å². The van der Waals surface area contributed by atoms with E-state index in [4.69, 9.17) is 0 Å². The monoisotopic (exact) mass is 395 g/mol. The number of nitrogens with one attached hydrogen (secondary N) is 2. The van der Waals surface area contributed by atoms with Gasteiger partial charge < -0.3 is 5.32 Å². The predicted molar refractivity (Wildman–Crippen MR) is 112 cm³/mol. The summed E-state index contributed by atoms with van der Waals surface area (Å²) in [5.74, 6) is 0.527. The SMILES string of the molecule is CC(=O)c1cccc(Nc2ccc(NS(=O)(=O)CCc3ccccc3)cn2)c1. The van der Waals surface area contributed by atoms with Crippen molar-refractivity contribution < 1.29 is 13.2 Å². The van der Waals surface area contributed by atoms with Crippen molar-refractivity contribution in [2.75, 3.05) is 15.8 Å². The quantitative estimate of drug-likeness (QED) is 0.563. The molecule has 144 valence electrons. The summed E-state index contributed by atoms with van der Waals surface area (Å²) in [6.07, 6.45) is 1.90. The third kappa shape index (κ3) is 5.65. The third-order valence-electron chi connectivity index (χ3n) is 4.08. The number of rotatable bonds is 8. The minimum Gasteiger partial charge on any atom is -0.340 e. The zero-order chi connectivity index (χ0) is 20.0. The van der Waals surface area contributed by atoms with Crippen LogP contribution >= 0.6 is 0 Å². The number of Topliss-reactive ketones (excluding diaryl/α,β-unsaturated/α-hetero) is 1. The van der Waals surface area contributed by atoms with E-state index in [-0.39, 0.29) is 11.5 Å². The fourth-order valence-corrected chi connectivity index (χ4v) is 3.71. The van der Waals surface area contributed by atoms with Gasteiger partial charge in [0.1, 0.15) is 5.82 Å². The van der Waals surface area contributed by atoms with E-state index in [1.54, 1.807) is 30.3 Å². The van der Waals surface area contributed by atoms with Gasteiger partial charge in [0.05, 0.1) is 17.6 Å². The molecule has 3 aromatic rings. The van der Waals surface area contributed by atoms with Crippen molar-refractivity contribution in [2.45, 2.75) is 13.3 Å². The molecule has 0 fully saturated rings. The fourth-order valence-electron chi connectivity index (χ4n) is 2.62. The predicted octanol–water partition coefficient (Wildman–Crippen LogP) is 4.01. The second-order valence-corrected chi connectivity index (χ2v) is 8.19. The Morgan fingerprint density at radius 3 is 2.43 bits per heavy atom. The minimum absolute atomic E-state index is 0.00511. The first-order valence-corrected chi connectivity index (χ1v) is 10.4. The number of nitrogens with zero attached hydrogens (tertiary/aromatic N) is 1. The zero-order valence-electron chi connectivity index (χ0n) is 15.4. The fraction of sp³-hybridized carbons (Fsp3) is 0.143. The molecule has 1 heterocycles. The Morgan fingerprint density at radius 2 is 1.75 bits per heavy atom. The van der Waals surface area contributed by atoms with Gasteiger partial charge in [0, 0.05) is 11.3 Å². The summed E-state index contributed by atoms with van der Waals surface area (Å²) in [4.78, 5) is 15.7. The number of anilines is 3. The Bertz CT molecular complexity index is 1050. The molecule has 0 spiro atoms. The average molecular weight is 395 g/mol. The molecule has 0 saturated heterocycles. The molecule has 1 aromatic heterocycles. The Balaban J connectivity index is 1.61. The van der Waals surface area contributed by atoms with Gasteiger partial charge in [0.25, 0.3) is 0 Å². The summed E-state index contributed by atoms with van der Waals surface area (Å²) in [5, 5.41) is 3.10. The molecule has 0 aliphatic carbocycles. The smallest absolute Gasteiger partial charge is 0.233 e. The number of aryl methyl sites for hydroxylation is 1. The normalized spacial score (nSPS) is 11.0. The molecule has 0 saturated carbocycles. The first-order valence-electron chi connectivity index (χ1n) is 8.80. The lowest BCUT2D eigenvalue weighted by Gasteiger charge is -2.10. The van der Waals surface area contributed by atoms with Crippen molar-refractivity contribution in [3.63, 3.8) is 0 Å². The van der Waals surface area contributed by atoms with Crippen molar-refractivity contribution >= 4 is 33.0 Å². The van der Waals surface area contributed by atoms with Gasteiger partial charge in [-0.05, 0) is 43.2 Å². The Hall–Kier alpha value is -3.19. The largest absolute Gasteiger partial charge is 0.340 e. The van der Waals surface area contributed by atoms with E-state index >= 15 is 0 Å². The lowest BCUT2D eigenvalue weighted by Crippen LogP contribution is -2.18. The number of carbonyl (C=O) groups excluding carboxylic acids is 1. The molecule has 0 bridgehead atoms. The molecule has 7 heteroatoms. The van der Waals surface area contributed by atoms with Gasteiger partial charge >= 0.3 is 0 Å². The first kappa shape index (κ1) is 19.6. The molecule has 0 unspecified atom stereocenters. The topological polar surface area (TPSA) is 88.2 Å². The highest BCUT2D eigenvalue weighted by molar-refractivity contribution is 7.92. The van der Waals surface area contributed by atoms with E-state index in [0.717, 1.165) is 11.3 Å². The molecule has 3 rings (SSSR count). The molecule has 2 aromatic carbocycles. The number of pyridine rings is 1. The lowest BCUT2D eigenvalue weighted by molar-refractivity contribution is 0.101. The van der Waals surface area contributed by atoms with Crippen LogP contribution in [0.4, 0.5) is 17.2 Å². The average Bonchev–Trinajstić information content (AvgIpc) is 2.69. The summed E-state index contributed by atoms with van der Waals surface area (Å²) in [7, 11) is -3.47. The summed E-state index contributed by atoms with van der Waals surface area (Å²) < 4.78 is 27.1. The summed E-state index contributed by atoms with van der Waals surface area (Å²) in [6, 6.07) is 19.9. The van der Waals surface area contributed by atoms with E-state index in [2.05, 4.69) is 15.0 Å². The summed E-state index contributed by atoms with van der Waals surface area (Å²) in [6.45, 7) is 1.51. The molecule has 28 heavy (non-hydrogen) atoms. The number of hydrogen-bond donors (Lipinski definition) is 2.